The molecule has 3 heteroatoms. The molecular formula is C8H13NO2. The van der Waals surface area contributed by atoms with Gasteiger partial charge in [-0.25, -0.2) is 0 Å². The van der Waals surface area contributed by atoms with Crippen LogP contribution >= 0.6 is 0 Å². The van der Waals surface area contributed by atoms with Gasteiger partial charge in [0.1, 0.15) is 0 Å². The second-order valence-electron chi connectivity index (χ2n) is 2.62. The molecule has 0 aromatic carbocycles. The Kier molecular flexibility index (Phi) is 2.65. The molecule has 0 aromatic heterocycles. The van der Waals surface area contributed by atoms with Crippen LogP contribution in [-0.4, -0.2) is 37.1 Å². The van der Waals surface area contributed by atoms with Gasteiger partial charge < -0.3 is 9.64 Å². The predicted molar refractivity (Wildman–Crippen MR) is 42.2 cm³/mol. The van der Waals surface area contributed by atoms with E-state index in [0.29, 0.717) is 13.2 Å². The van der Waals surface area contributed by atoms with Gasteiger partial charge in [0, 0.05) is 25.8 Å². The molecular weight excluding hydrogens is 142 g/mol. The van der Waals surface area contributed by atoms with Crippen LogP contribution in [0.1, 0.15) is 6.92 Å². The summed E-state index contributed by atoms with van der Waals surface area (Å²) >= 11 is 0. The molecule has 0 aromatic rings. The lowest BCUT2D eigenvalue weighted by Gasteiger charge is -2.20. The molecule has 0 saturated carbocycles. The summed E-state index contributed by atoms with van der Waals surface area (Å²) in [4.78, 5) is 12.9. The zero-order valence-corrected chi connectivity index (χ0v) is 6.91. The number of hydrogen-bond acceptors (Lipinski definition) is 2. The third-order valence-corrected chi connectivity index (χ3v) is 1.83. The minimum Gasteiger partial charge on any atom is -0.383 e. The van der Waals surface area contributed by atoms with Crippen LogP contribution in [-0.2, 0) is 9.53 Å². The summed E-state index contributed by atoms with van der Waals surface area (Å²) < 4.78 is 4.88. The first-order chi connectivity index (χ1) is 5.25. The van der Waals surface area contributed by atoms with Crippen molar-refractivity contribution < 1.29 is 9.53 Å². The summed E-state index contributed by atoms with van der Waals surface area (Å²) in [6, 6.07) is 0.234. The lowest BCUT2D eigenvalue weighted by Crippen LogP contribution is -2.34. The predicted octanol–water partition coefficient (Wildman–Crippen LogP) is 0.420. The van der Waals surface area contributed by atoms with E-state index in [1.807, 2.05) is 13.0 Å². The van der Waals surface area contributed by atoms with Crippen LogP contribution in [0, 0.1) is 0 Å². The first kappa shape index (κ1) is 8.27. The molecule has 0 saturated heterocycles. The minimum absolute atomic E-state index is 0.0922. The quantitative estimate of drug-likeness (QED) is 0.591. The number of carbonyl (C=O) groups excluding carboxylic acids is 1. The number of methoxy groups -OCH3 is 1. The molecule has 1 aliphatic rings. The number of rotatable bonds is 3. The Bertz CT molecular complexity index is 177. The maximum absolute atomic E-state index is 11.1. The Morgan fingerprint density at radius 2 is 2.45 bits per heavy atom. The third-order valence-electron chi connectivity index (χ3n) is 1.83. The maximum Gasteiger partial charge on any atom is 0.246 e. The molecule has 11 heavy (non-hydrogen) atoms. The normalized spacial score (nSPS) is 23.3. The molecule has 0 N–H and O–H groups in total. The number of ether oxygens (including phenoxy) is 1. The zero-order valence-electron chi connectivity index (χ0n) is 6.91. The van der Waals surface area contributed by atoms with E-state index in [2.05, 4.69) is 0 Å². The Morgan fingerprint density at radius 1 is 1.73 bits per heavy atom. The fourth-order valence-corrected chi connectivity index (χ4v) is 1.13. The average Bonchev–Trinajstić information content (AvgIpc) is 2.29. The van der Waals surface area contributed by atoms with Gasteiger partial charge >= 0.3 is 0 Å². The zero-order chi connectivity index (χ0) is 8.27. The van der Waals surface area contributed by atoms with Crippen molar-refractivity contribution >= 4 is 5.91 Å². The van der Waals surface area contributed by atoms with Crippen LogP contribution in [0.4, 0.5) is 0 Å². The fourth-order valence-electron chi connectivity index (χ4n) is 1.13. The first-order valence-corrected chi connectivity index (χ1v) is 3.73. The highest BCUT2D eigenvalue weighted by Gasteiger charge is 2.20. The van der Waals surface area contributed by atoms with Crippen molar-refractivity contribution in [2.75, 3.05) is 20.3 Å². The molecule has 1 atom stereocenters. The molecule has 1 aliphatic heterocycles. The largest absolute Gasteiger partial charge is 0.383 e. The highest BCUT2D eigenvalue weighted by atomic mass is 16.5. The lowest BCUT2D eigenvalue weighted by molar-refractivity contribution is -0.126. The number of nitrogens with zero attached hydrogens (tertiary/aromatic N) is 1. The summed E-state index contributed by atoms with van der Waals surface area (Å²) in [5, 5.41) is 0. The van der Waals surface area contributed by atoms with Crippen molar-refractivity contribution in [1.82, 2.24) is 4.90 Å². The van der Waals surface area contributed by atoms with E-state index in [9.17, 15) is 4.79 Å². The molecule has 0 radical (unpaired) electrons. The summed E-state index contributed by atoms with van der Waals surface area (Å²) in [5.41, 5.74) is 0. The second-order valence-corrected chi connectivity index (χ2v) is 2.62. The van der Waals surface area contributed by atoms with Gasteiger partial charge in [-0.15, -0.1) is 0 Å². The molecule has 0 fully saturated rings. The minimum atomic E-state index is 0.0922. The second kappa shape index (κ2) is 3.53. The Morgan fingerprint density at radius 3 is 2.91 bits per heavy atom. The van der Waals surface area contributed by atoms with Gasteiger partial charge in [0.25, 0.3) is 0 Å². The van der Waals surface area contributed by atoms with Gasteiger partial charge in [-0.2, -0.15) is 0 Å². The Labute approximate surface area is 66.6 Å². The summed E-state index contributed by atoms with van der Waals surface area (Å²) in [6.45, 7) is 3.29. The van der Waals surface area contributed by atoms with Crippen LogP contribution < -0.4 is 0 Å². The molecule has 62 valence electrons. The van der Waals surface area contributed by atoms with Gasteiger partial charge in [-0.05, 0) is 6.92 Å². The highest BCUT2D eigenvalue weighted by molar-refractivity contribution is 5.90. The summed E-state index contributed by atoms with van der Waals surface area (Å²) in [6.07, 6.45) is 3.51. The van der Waals surface area contributed by atoms with Crippen molar-refractivity contribution in [3.63, 3.8) is 0 Å². The van der Waals surface area contributed by atoms with Gasteiger partial charge in [0.05, 0.1) is 6.61 Å². The number of amides is 1. The van der Waals surface area contributed by atoms with Crippen LogP contribution in [0.2, 0.25) is 0 Å². The summed E-state index contributed by atoms with van der Waals surface area (Å²) in [7, 11) is 1.64. The van der Waals surface area contributed by atoms with Gasteiger partial charge in [-0.1, -0.05) is 6.08 Å². The van der Waals surface area contributed by atoms with Gasteiger partial charge in [0.15, 0.2) is 0 Å². The van der Waals surface area contributed by atoms with Crippen molar-refractivity contribution in [2.24, 2.45) is 0 Å². The van der Waals surface area contributed by atoms with Gasteiger partial charge in [-0.3, -0.25) is 4.79 Å². The van der Waals surface area contributed by atoms with Crippen molar-refractivity contribution in [3.05, 3.63) is 12.2 Å². The van der Waals surface area contributed by atoms with Crippen LogP contribution in [0.25, 0.3) is 0 Å². The van der Waals surface area contributed by atoms with Crippen molar-refractivity contribution in [3.8, 4) is 0 Å². The molecule has 1 heterocycles. The summed E-state index contributed by atoms with van der Waals surface area (Å²) in [5.74, 6) is 0.0922. The topological polar surface area (TPSA) is 29.5 Å². The molecule has 0 aliphatic carbocycles. The Hall–Kier alpha value is -0.830. The monoisotopic (exact) mass is 155 g/mol. The molecule has 1 unspecified atom stereocenters. The Balaban J connectivity index is 2.39. The first-order valence-electron chi connectivity index (χ1n) is 3.73. The maximum atomic E-state index is 11.1. The molecule has 3 nitrogen and oxygen atoms in total. The van der Waals surface area contributed by atoms with Crippen molar-refractivity contribution in [2.45, 2.75) is 13.0 Å². The lowest BCUT2D eigenvalue weighted by atomic mass is 10.3. The molecule has 1 rings (SSSR count). The highest BCUT2D eigenvalue weighted by Crippen LogP contribution is 2.08. The van der Waals surface area contributed by atoms with Crippen LogP contribution in [0.3, 0.4) is 0 Å². The van der Waals surface area contributed by atoms with Crippen molar-refractivity contribution in [1.29, 1.82) is 0 Å². The molecule has 0 bridgehead atoms. The van der Waals surface area contributed by atoms with Crippen LogP contribution in [0.15, 0.2) is 12.2 Å². The van der Waals surface area contributed by atoms with E-state index < -0.39 is 0 Å². The van der Waals surface area contributed by atoms with E-state index in [4.69, 9.17) is 4.74 Å². The molecule has 0 spiro atoms. The SMILES string of the molecule is COCCN1C(=O)C=CC1C. The molecule has 1 amide bonds. The van der Waals surface area contributed by atoms with E-state index in [0.717, 1.165) is 0 Å². The standard InChI is InChI=1S/C8H13NO2/c1-7-3-4-8(10)9(7)5-6-11-2/h3-4,7H,5-6H2,1-2H3. The van der Waals surface area contributed by atoms with E-state index in [-0.39, 0.29) is 11.9 Å². The van der Waals surface area contributed by atoms with E-state index >= 15 is 0 Å². The number of hydrogen-bond donors (Lipinski definition) is 0. The fraction of sp³-hybridized carbons (Fsp3) is 0.625. The average molecular weight is 155 g/mol. The van der Waals surface area contributed by atoms with Gasteiger partial charge in [0.2, 0.25) is 5.91 Å². The van der Waals surface area contributed by atoms with E-state index in [1.165, 1.54) is 0 Å². The smallest absolute Gasteiger partial charge is 0.246 e. The van der Waals surface area contributed by atoms with Crippen LogP contribution in [0.5, 0.6) is 0 Å². The third kappa shape index (κ3) is 1.80. The van der Waals surface area contributed by atoms with E-state index in [1.54, 1.807) is 18.1 Å². The number of carbonyl (C=O) groups is 1.